The van der Waals surface area contributed by atoms with Gasteiger partial charge in [-0.05, 0) is 36.5 Å². The maximum absolute atomic E-state index is 12.4. The number of carbonyl (C=O) groups is 1. The monoisotopic (exact) mass is 348 g/mol. The van der Waals surface area contributed by atoms with Gasteiger partial charge in [-0.1, -0.05) is 19.1 Å². The average Bonchev–Trinajstić information content (AvgIpc) is 2.93. The minimum Gasteiger partial charge on any atom is -0.497 e. The van der Waals surface area contributed by atoms with Crippen molar-refractivity contribution in [1.29, 1.82) is 0 Å². The lowest BCUT2D eigenvalue weighted by Crippen LogP contribution is -2.48. The van der Waals surface area contributed by atoms with E-state index >= 15 is 0 Å². The molecule has 1 aliphatic heterocycles. The molecular formula is C18H24N2O5. The van der Waals surface area contributed by atoms with Crippen LogP contribution in [-0.2, 0) is 11.2 Å². The highest BCUT2D eigenvalue weighted by Crippen LogP contribution is 2.52. The Morgan fingerprint density at radius 1 is 1.48 bits per heavy atom. The number of benzene rings is 1. The van der Waals surface area contributed by atoms with E-state index in [1.807, 2.05) is 31.2 Å². The Hall–Kier alpha value is -2.15. The zero-order valence-electron chi connectivity index (χ0n) is 14.6. The van der Waals surface area contributed by atoms with Gasteiger partial charge in [0.1, 0.15) is 11.5 Å². The quantitative estimate of drug-likeness (QED) is 0.624. The van der Waals surface area contributed by atoms with E-state index in [9.17, 15) is 20.0 Å². The number of nitrogens with zero attached hydrogens (tertiary/aromatic N) is 2. The molecule has 7 heteroatoms. The van der Waals surface area contributed by atoms with E-state index in [2.05, 4.69) is 0 Å². The van der Waals surface area contributed by atoms with Crippen molar-refractivity contribution in [3.63, 3.8) is 0 Å². The van der Waals surface area contributed by atoms with Crippen molar-refractivity contribution in [3.05, 3.63) is 39.9 Å². The third kappa shape index (κ3) is 3.20. The molecule has 136 valence electrons. The van der Waals surface area contributed by atoms with Gasteiger partial charge in [-0.3, -0.25) is 14.9 Å². The normalized spacial score (nSPS) is 31.2. The zero-order chi connectivity index (χ0) is 18.2. The molecule has 0 aromatic heterocycles. The van der Waals surface area contributed by atoms with E-state index in [0.717, 1.165) is 11.3 Å². The van der Waals surface area contributed by atoms with Crippen LogP contribution >= 0.6 is 0 Å². The molecule has 7 nitrogen and oxygen atoms in total. The van der Waals surface area contributed by atoms with Crippen LogP contribution in [0.4, 0.5) is 0 Å². The summed E-state index contributed by atoms with van der Waals surface area (Å²) in [5.41, 5.74) is -0.233. The second kappa shape index (κ2) is 6.63. The van der Waals surface area contributed by atoms with Crippen LogP contribution in [0.15, 0.2) is 24.3 Å². The number of likely N-dealkylation sites (tertiary alicyclic amines) is 1. The third-order valence-electron chi connectivity index (χ3n) is 5.75. The molecule has 1 aliphatic carbocycles. The fourth-order valence-corrected chi connectivity index (χ4v) is 4.52. The lowest BCUT2D eigenvalue weighted by molar-refractivity contribution is -0.491. The van der Waals surface area contributed by atoms with Crippen LogP contribution in [0.5, 0.6) is 5.75 Å². The highest BCUT2D eigenvalue weighted by Gasteiger charge is 2.61. The summed E-state index contributed by atoms with van der Waals surface area (Å²) in [6, 6.07) is 7.61. The van der Waals surface area contributed by atoms with E-state index in [-0.39, 0.29) is 41.5 Å². The van der Waals surface area contributed by atoms with Crippen LogP contribution < -0.4 is 4.74 Å². The van der Waals surface area contributed by atoms with E-state index in [0.29, 0.717) is 19.4 Å². The number of amides is 1. The molecule has 2 aliphatic rings. The molecule has 2 fully saturated rings. The molecule has 25 heavy (non-hydrogen) atoms. The molecule has 1 saturated heterocycles. The van der Waals surface area contributed by atoms with Gasteiger partial charge in [0, 0.05) is 29.7 Å². The lowest BCUT2D eigenvalue weighted by atomic mass is 9.88. The molecule has 3 unspecified atom stereocenters. The third-order valence-corrected chi connectivity index (χ3v) is 5.75. The van der Waals surface area contributed by atoms with Crippen molar-refractivity contribution in [1.82, 2.24) is 4.90 Å². The highest BCUT2D eigenvalue weighted by molar-refractivity contribution is 5.80. The van der Waals surface area contributed by atoms with Crippen LogP contribution in [0.1, 0.15) is 25.3 Å². The second-order valence-corrected chi connectivity index (χ2v) is 7.20. The van der Waals surface area contributed by atoms with Gasteiger partial charge in [-0.25, -0.2) is 0 Å². The Bertz CT molecular complexity index is 679. The Morgan fingerprint density at radius 2 is 2.24 bits per heavy atom. The highest BCUT2D eigenvalue weighted by atomic mass is 16.6. The van der Waals surface area contributed by atoms with Crippen molar-refractivity contribution in [2.75, 3.05) is 20.2 Å². The second-order valence-electron chi connectivity index (χ2n) is 7.20. The fraction of sp³-hybridized carbons (Fsp3) is 0.611. The summed E-state index contributed by atoms with van der Waals surface area (Å²) in [5, 5.41) is 22.1. The minimum absolute atomic E-state index is 0.0211. The first-order valence-corrected chi connectivity index (χ1v) is 8.62. The molecule has 0 radical (unpaired) electrons. The predicted octanol–water partition coefficient (Wildman–Crippen LogP) is 1.71. The molecule has 0 spiro atoms. The number of methoxy groups -OCH3 is 1. The van der Waals surface area contributed by atoms with Crippen LogP contribution in [0.3, 0.4) is 0 Å². The van der Waals surface area contributed by atoms with Crippen LogP contribution in [0.2, 0.25) is 0 Å². The summed E-state index contributed by atoms with van der Waals surface area (Å²) in [6.45, 7) is 2.14. The molecule has 3 rings (SSSR count). The molecule has 1 aromatic rings. The Balaban J connectivity index is 1.74. The van der Waals surface area contributed by atoms with Crippen molar-refractivity contribution in [2.24, 2.45) is 17.8 Å². The van der Waals surface area contributed by atoms with Gasteiger partial charge in [0.2, 0.25) is 12.5 Å². The van der Waals surface area contributed by atoms with Gasteiger partial charge in [0.05, 0.1) is 7.11 Å². The Labute approximate surface area is 146 Å². The topological polar surface area (TPSA) is 92.9 Å². The maximum Gasteiger partial charge on any atom is 0.225 e. The predicted molar refractivity (Wildman–Crippen MR) is 90.6 cm³/mol. The average molecular weight is 348 g/mol. The van der Waals surface area contributed by atoms with E-state index < -0.39 is 5.72 Å². The summed E-state index contributed by atoms with van der Waals surface area (Å²) < 4.78 is 5.21. The molecule has 1 N–H and O–H groups in total. The zero-order valence-corrected chi connectivity index (χ0v) is 14.6. The van der Waals surface area contributed by atoms with Gasteiger partial charge in [0.25, 0.3) is 0 Å². The number of ether oxygens (including phenoxy) is 1. The first-order valence-electron chi connectivity index (χ1n) is 8.62. The van der Waals surface area contributed by atoms with Gasteiger partial charge in [-0.2, -0.15) is 0 Å². The summed E-state index contributed by atoms with van der Waals surface area (Å²) in [5.74, 6) is 0.0438. The first kappa shape index (κ1) is 17.7. The fourth-order valence-electron chi connectivity index (χ4n) is 4.52. The summed E-state index contributed by atoms with van der Waals surface area (Å²) >= 11 is 0. The number of hydrogen-bond donors (Lipinski definition) is 1. The minimum atomic E-state index is -1.25. The van der Waals surface area contributed by atoms with Crippen LogP contribution in [0, 0.1) is 27.9 Å². The summed E-state index contributed by atoms with van der Waals surface area (Å²) in [6.07, 6.45) is 1.20. The van der Waals surface area contributed by atoms with Crippen molar-refractivity contribution in [3.8, 4) is 5.75 Å². The SMILES string of the molecule is COc1cccc(CCN2C(=O)CC3[C@H](C[N+](=O)[O-])C(C)CC32O)c1. The standard InChI is InChI=1S/C18H24N2O5/c1-12-10-18(22)16(15(12)11-20(23)24)9-17(21)19(18)7-6-13-4-3-5-14(8-13)25-2/h3-5,8,12,15-16,22H,6-7,9-11H2,1-2H3/t12?,15-,16?,18?/m1/s1. The summed E-state index contributed by atoms with van der Waals surface area (Å²) in [7, 11) is 1.60. The van der Waals surface area contributed by atoms with E-state index in [1.54, 1.807) is 7.11 Å². The van der Waals surface area contributed by atoms with Crippen LogP contribution in [-0.4, -0.2) is 46.8 Å². The van der Waals surface area contributed by atoms with Crippen molar-refractivity contribution < 1.29 is 19.6 Å². The van der Waals surface area contributed by atoms with E-state index in [1.165, 1.54) is 4.90 Å². The van der Waals surface area contributed by atoms with Gasteiger partial charge < -0.3 is 14.7 Å². The number of hydrogen-bond acceptors (Lipinski definition) is 5. The van der Waals surface area contributed by atoms with Crippen molar-refractivity contribution >= 4 is 5.91 Å². The number of aliphatic hydroxyl groups is 1. The number of rotatable bonds is 6. The molecular weight excluding hydrogens is 324 g/mol. The molecule has 1 aromatic carbocycles. The smallest absolute Gasteiger partial charge is 0.225 e. The molecule has 4 atom stereocenters. The number of fused-ring (bicyclic) bond motifs is 1. The molecule has 1 amide bonds. The van der Waals surface area contributed by atoms with Crippen molar-refractivity contribution in [2.45, 2.75) is 31.9 Å². The van der Waals surface area contributed by atoms with Gasteiger partial charge >= 0.3 is 0 Å². The maximum atomic E-state index is 12.4. The van der Waals surface area contributed by atoms with Crippen LogP contribution in [0.25, 0.3) is 0 Å². The Morgan fingerprint density at radius 3 is 2.92 bits per heavy atom. The first-order chi connectivity index (χ1) is 11.8. The summed E-state index contributed by atoms with van der Waals surface area (Å²) in [4.78, 5) is 24.6. The Kier molecular flexibility index (Phi) is 4.69. The lowest BCUT2D eigenvalue weighted by Gasteiger charge is -2.34. The molecule has 1 heterocycles. The molecule has 0 bridgehead atoms. The number of nitro groups is 1. The number of carbonyl (C=O) groups excluding carboxylic acids is 1. The van der Waals surface area contributed by atoms with Gasteiger partial charge in [0.15, 0.2) is 0 Å². The largest absolute Gasteiger partial charge is 0.497 e. The molecule has 1 saturated carbocycles. The van der Waals surface area contributed by atoms with E-state index in [4.69, 9.17) is 4.74 Å². The van der Waals surface area contributed by atoms with Gasteiger partial charge in [-0.15, -0.1) is 0 Å².